The van der Waals surface area contributed by atoms with Gasteiger partial charge in [-0.15, -0.1) is 0 Å². The molecule has 3 nitrogen and oxygen atoms in total. The Balaban J connectivity index is 3.35. The number of nitrogens with zero attached hydrogens (tertiary/aromatic N) is 1. The zero-order chi connectivity index (χ0) is 10.9. The van der Waals surface area contributed by atoms with Crippen LogP contribution >= 0.6 is 27.5 Å². The van der Waals surface area contributed by atoms with Crippen LogP contribution < -0.4 is 5.73 Å². The average molecular weight is 285 g/mol. The van der Waals surface area contributed by atoms with Crippen LogP contribution in [0.3, 0.4) is 0 Å². The molecule has 0 atom stereocenters. The fourth-order valence-electron chi connectivity index (χ4n) is 0.809. The summed E-state index contributed by atoms with van der Waals surface area (Å²) in [4.78, 5) is 14.0. The van der Waals surface area contributed by atoms with Crippen molar-refractivity contribution in [1.82, 2.24) is 4.98 Å². The van der Waals surface area contributed by atoms with Crippen LogP contribution in [-0.2, 0) is 0 Å². The Morgan fingerprint density at radius 1 is 1.64 bits per heavy atom. The summed E-state index contributed by atoms with van der Waals surface area (Å²) < 4.78 is 24.8. The molecule has 0 fully saturated rings. The molecule has 0 aliphatic rings. The quantitative estimate of drug-likeness (QED) is 0.850. The van der Waals surface area contributed by atoms with Crippen LogP contribution in [-0.4, -0.2) is 10.2 Å². The Bertz CT molecular complexity index is 386. The van der Waals surface area contributed by atoms with Gasteiger partial charge in [0.15, 0.2) is 0 Å². The summed E-state index contributed by atoms with van der Waals surface area (Å²) >= 11 is 8.02. The molecule has 1 rings (SSSR count). The van der Waals surface area contributed by atoms with E-state index < -0.39 is 17.4 Å². The minimum absolute atomic E-state index is 0.173. The van der Waals surface area contributed by atoms with Gasteiger partial charge in [0.25, 0.3) is 11.7 Å². The number of rotatable bonds is 2. The Morgan fingerprint density at radius 3 is 2.64 bits per heavy atom. The van der Waals surface area contributed by atoms with Gasteiger partial charge in [-0.2, -0.15) is 0 Å². The minimum Gasteiger partial charge on any atom is -0.396 e. The lowest BCUT2D eigenvalue weighted by Gasteiger charge is -2.06. The number of nitrogens with two attached hydrogens (primary N) is 1. The third-order valence-electron chi connectivity index (χ3n) is 1.45. The Hall–Kier alpha value is -0.750. The number of halogens is 4. The first-order valence-corrected chi connectivity index (χ1v) is 4.54. The number of nitrogen functional groups attached to an aromatic ring is 1. The molecule has 76 valence electrons. The summed E-state index contributed by atoms with van der Waals surface area (Å²) in [6.07, 6.45) is -2.85. The third kappa shape index (κ3) is 2.19. The Kier molecular flexibility index (Phi) is 3.38. The maximum atomic E-state index is 12.3. The Morgan fingerprint density at radius 2 is 2.21 bits per heavy atom. The monoisotopic (exact) mass is 284 g/mol. The second-order valence-corrected chi connectivity index (χ2v) is 3.56. The van der Waals surface area contributed by atoms with Crippen molar-refractivity contribution in [3.05, 3.63) is 21.9 Å². The van der Waals surface area contributed by atoms with E-state index in [-0.39, 0.29) is 15.9 Å². The number of pyridine rings is 1. The van der Waals surface area contributed by atoms with Gasteiger partial charge in [0.05, 0.1) is 5.69 Å². The molecule has 0 aromatic carbocycles. The zero-order valence-electron chi connectivity index (χ0n) is 6.60. The van der Waals surface area contributed by atoms with Gasteiger partial charge in [-0.3, -0.25) is 4.79 Å². The predicted octanol–water partition coefficient (Wildman–Crippen LogP) is 2.74. The molecule has 0 unspecified atom stereocenters. The largest absolute Gasteiger partial charge is 0.396 e. The van der Waals surface area contributed by atoms with Gasteiger partial charge in [0.1, 0.15) is 11.4 Å². The van der Waals surface area contributed by atoms with E-state index in [0.717, 1.165) is 0 Å². The molecular formula is C7H4BrClF2N2O. The number of hydrogen-bond acceptors (Lipinski definition) is 3. The molecule has 2 N–H and O–H groups in total. The van der Waals surface area contributed by atoms with E-state index in [4.69, 9.17) is 17.3 Å². The van der Waals surface area contributed by atoms with Crippen molar-refractivity contribution in [2.24, 2.45) is 0 Å². The van der Waals surface area contributed by atoms with E-state index in [1.165, 1.54) is 6.07 Å². The van der Waals surface area contributed by atoms with Crippen molar-refractivity contribution in [3.8, 4) is 0 Å². The van der Waals surface area contributed by atoms with Crippen LogP contribution in [0.5, 0.6) is 0 Å². The lowest BCUT2D eigenvalue weighted by molar-refractivity contribution is 0.107. The molecule has 0 saturated heterocycles. The fraction of sp³-hybridized carbons (Fsp3) is 0.143. The van der Waals surface area contributed by atoms with Gasteiger partial charge in [0, 0.05) is 4.47 Å². The van der Waals surface area contributed by atoms with E-state index in [2.05, 4.69) is 20.9 Å². The van der Waals surface area contributed by atoms with E-state index >= 15 is 0 Å². The molecule has 0 amide bonds. The van der Waals surface area contributed by atoms with Crippen LogP contribution in [0, 0.1) is 0 Å². The second-order valence-electron chi connectivity index (χ2n) is 2.36. The van der Waals surface area contributed by atoms with Crippen molar-refractivity contribution in [2.75, 3.05) is 5.73 Å². The minimum atomic E-state index is -2.85. The van der Waals surface area contributed by atoms with Gasteiger partial charge in [-0.1, -0.05) is 0 Å². The first-order valence-electron chi connectivity index (χ1n) is 3.37. The molecule has 0 aliphatic carbocycles. The van der Waals surface area contributed by atoms with E-state index in [1.54, 1.807) is 0 Å². The maximum Gasteiger partial charge on any atom is 0.282 e. The van der Waals surface area contributed by atoms with Crippen LogP contribution in [0.25, 0.3) is 0 Å². The topological polar surface area (TPSA) is 56.0 Å². The number of hydrogen-bond donors (Lipinski definition) is 1. The first kappa shape index (κ1) is 11.3. The molecule has 7 heteroatoms. The smallest absolute Gasteiger partial charge is 0.282 e. The summed E-state index contributed by atoms with van der Waals surface area (Å²) in [5, 5.41) is -0.910. The molecule has 1 aromatic heterocycles. The van der Waals surface area contributed by atoms with E-state index in [1.807, 2.05) is 0 Å². The number of aromatic nitrogens is 1. The van der Waals surface area contributed by atoms with Crippen LogP contribution in [0.15, 0.2) is 10.5 Å². The van der Waals surface area contributed by atoms with Gasteiger partial charge in [-0.25, -0.2) is 13.8 Å². The molecule has 0 spiro atoms. The van der Waals surface area contributed by atoms with Crippen molar-refractivity contribution < 1.29 is 13.6 Å². The molecular weight excluding hydrogens is 281 g/mol. The SMILES string of the molecule is Nc1c(Br)cc(C(=O)Cl)nc1C(F)F. The first-order chi connectivity index (χ1) is 6.43. The highest BCUT2D eigenvalue weighted by molar-refractivity contribution is 9.10. The van der Waals surface area contributed by atoms with Gasteiger partial charge in [-0.05, 0) is 33.6 Å². The highest BCUT2D eigenvalue weighted by Gasteiger charge is 2.18. The van der Waals surface area contributed by atoms with Crippen LogP contribution in [0.2, 0.25) is 0 Å². The average Bonchev–Trinajstić information content (AvgIpc) is 2.08. The highest BCUT2D eigenvalue weighted by atomic mass is 79.9. The van der Waals surface area contributed by atoms with Crippen molar-refractivity contribution >= 4 is 38.5 Å². The highest BCUT2D eigenvalue weighted by Crippen LogP contribution is 2.30. The number of alkyl halides is 2. The van der Waals surface area contributed by atoms with Crippen LogP contribution in [0.4, 0.5) is 14.5 Å². The summed E-state index contributed by atoms with van der Waals surface area (Å²) in [7, 11) is 0. The van der Waals surface area contributed by atoms with Crippen molar-refractivity contribution in [2.45, 2.75) is 6.43 Å². The lowest BCUT2D eigenvalue weighted by atomic mass is 10.2. The van der Waals surface area contributed by atoms with Crippen molar-refractivity contribution in [1.29, 1.82) is 0 Å². The standard InChI is InChI=1S/C7H4BrClF2N2O/c8-2-1-3(6(9)14)13-5(4(2)12)7(10)11/h1,7H,12H2. The molecule has 1 heterocycles. The number of carbonyl (C=O) groups is 1. The Labute approximate surface area is 91.4 Å². The number of carbonyl (C=O) groups excluding carboxylic acids is 1. The van der Waals surface area contributed by atoms with E-state index in [0.29, 0.717) is 0 Å². The summed E-state index contributed by atoms with van der Waals surface area (Å²) in [5.41, 5.74) is 4.21. The molecule has 0 aliphatic heterocycles. The summed E-state index contributed by atoms with van der Waals surface area (Å²) in [5.74, 6) is 0. The predicted molar refractivity (Wildman–Crippen MR) is 51.5 cm³/mol. The van der Waals surface area contributed by atoms with Gasteiger partial charge in [0.2, 0.25) is 0 Å². The molecule has 14 heavy (non-hydrogen) atoms. The molecule has 0 bridgehead atoms. The van der Waals surface area contributed by atoms with Crippen LogP contribution in [0.1, 0.15) is 22.6 Å². The van der Waals surface area contributed by atoms with E-state index in [9.17, 15) is 13.6 Å². The molecule has 0 saturated carbocycles. The number of anilines is 1. The normalized spacial score (nSPS) is 10.6. The molecule has 1 aromatic rings. The fourth-order valence-corrected chi connectivity index (χ4v) is 1.33. The third-order valence-corrected chi connectivity index (χ3v) is 2.30. The lowest BCUT2D eigenvalue weighted by Crippen LogP contribution is -2.04. The van der Waals surface area contributed by atoms with Gasteiger partial charge < -0.3 is 5.73 Å². The second kappa shape index (κ2) is 4.18. The van der Waals surface area contributed by atoms with Gasteiger partial charge >= 0.3 is 0 Å². The summed E-state index contributed by atoms with van der Waals surface area (Å²) in [6.45, 7) is 0. The maximum absolute atomic E-state index is 12.3. The molecule has 0 radical (unpaired) electrons. The summed E-state index contributed by atoms with van der Waals surface area (Å²) in [6, 6.07) is 1.19. The van der Waals surface area contributed by atoms with Crippen molar-refractivity contribution in [3.63, 3.8) is 0 Å². The zero-order valence-corrected chi connectivity index (χ0v) is 8.94.